The van der Waals surface area contributed by atoms with Crippen LogP contribution in [0.5, 0.6) is 0 Å². The highest BCUT2D eigenvalue weighted by Crippen LogP contribution is 2.27. The number of hydrogen-bond donors (Lipinski definition) is 0. The quantitative estimate of drug-likeness (QED) is 0.733. The van der Waals surface area contributed by atoms with E-state index in [0.717, 1.165) is 24.3 Å². The normalized spacial score (nSPS) is 13.4. The second-order valence-corrected chi connectivity index (χ2v) is 6.02. The van der Waals surface area contributed by atoms with Crippen LogP contribution in [-0.4, -0.2) is 9.55 Å². The van der Waals surface area contributed by atoms with Gasteiger partial charge in [-0.3, -0.25) is 0 Å². The first-order valence-electron chi connectivity index (χ1n) is 6.60. The Balaban J connectivity index is 2.52. The molecule has 1 unspecified atom stereocenters. The zero-order valence-electron chi connectivity index (χ0n) is 11.6. The first kappa shape index (κ1) is 13.4. The van der Waals surface area contributed by atoms with Gasteiger partial charge in [-0.15, -0.1) is 11.6 Å². The summed E-state index contributed by atoms with van der Waals surface area (Å²) in [6.45, 7) is 9.57. The monoisotopic (exact) mass is 264 g/mol. The fourth-order valence-electron chi connectivity index (χ4n) is 2.23. The highest BCUT2D eigenvalue weighted by Gasteiger charge is 2.15. The van der Waals surface area contributed by atoms with Crippen LogP contribution < -0.4 is 0 Å². The van der Waals surface area contributed by atoms with E-state index in [-0.39, 0.29) is 5.38 Å². The molecule has 2 rings (SSSR count). The van der Waals surface area contributed by atoms with Crippen molar-refractivity contribution in [1.82, 2.24) is 9.55 Å². The van der Waals surface area contributed by atoms with E-state index in [1.807, 2.05) is 6.92 Å². The van der Waals surface area contributed by atoms with Gasteiger partial charge in [0.1, 0.15) is 5.82 Å². The van der Waals surface area contributed by atoms with Crippen LogP contribution in [0.15, 0.2) is 18.2 Å². The van der Waals surface area contributed by atoms with Gasteiger partial charge >= 0.3 is 0 Å². The summed E-state index contributed by atoms with van der Waals surface area (Å²) in [4.78, 5) is 4.72. The molecule has 0 amide bonds. The van der Waals surface area contributed by atoms with Crippen molar-refractivity contribution in [2.24, 2.45) is 5.92 Å². The lowest BCUT2D eigenvalue weighted by molar-refractivity contribution is 0.512. The van der Waals surface area contributed by atoms with Crippen molar-refractivity contribution < 1.29 is 0 Å². The van der Waals surface area contributed by atoms with Crippen LogP contribution in [0.1, 0.15) is 44.0 Å². The smallest absolute Gasteiger partial charge is 0.127 e. The van der Waals surface area contributed by atoms with Gasteiger partial charge in [0.15, 0.2) is 0 Å². The molecule has 1 atom stereocenters. The van der Waals surface area contributed by atoms with Crippen molar-refractivity contribution in [3.63, 3.8) is 0 Å². The molecule has 0 bridgehead atoms. The van der Waals surface area contributed by atoms with Gasteiger partial charge in [-0.05, 0) is 37.8 Å². The summed E-state index contributed by atoms with van der Waals surface area (Å²) in [6, 6.07) is 6.33. The fraction of sp³-hybridized carbons (Fsp3) is 0.533. The van der Waals surface area contributed by atoms with Crippen LogP contribution in [0.25, 0.3) is 11.0 Å². The summed E-state index contributed by atoms with van der Waals surface area (Å²) in [5, 5.41) is -0.0519. The van der Waals surface area contributed by atoms with Crippen molar-refractivity contribution in [3.8, 4) is 0 Å². The molecule has 3 heteroatoms. The Morgan fingerprint density at radius 3 is 2.61 bits per heavy atom. The maximum atomic E-state index is 6.26. The summed E-state index contributed by atoms with van der Waals surface area (Å²) in [5.74, 6) is 1.67. The van der Waals surface area contributed by atoms with Gasteiger partial charge in [0, 0.05) is 6.54 Å². The Labute approximate surface area is 114 Å². The highest BCUT2D eigenvalue weighted by atomic mass is 35.5. The fourth-order valence-corrected chi connectivity index (χ4v) is 2.40. The summed E-state index contributed by atoms with van der Waals surface area (Å²) in [6.07, 6.45) is 1.15. The zero-order chi connectivity index (χ0) is 13.3. The number of hydrogen-bond acceptors (Lipinski definition) is 1. The Morgan fingerprint density at radius 2 is 2.00 bits per heavy atom. The number of alkyl halides is 1. The molecule has 0 N–H and O–H groups in total. The molecule has 0 radical (unpaired) electrons. The Morgan fingerprint density at radius 1 is 1.28 bits per heavy atom. The molecule has 0 aliphatic heterocycles. The highest BCUT2D eigenvalue weighted by molar-refractivity contribution is 6.20. The number of fused-ring (bicyclic) bond motifs is 1. The topological polar surface area (TPSA) is 17.8 Å². The maximum Gasteiger partial charge on any atom is 0.127 e. The number of rotatable bonds is 4. The van der Waals surface area contributed by atoms with Crippen LogP contribution in [0.2, 0.25) is 0 Å². The summed E-state index contributed by atoms with van der Waals surface area (Å²) in [5.41, 5.74) is 3.51. The Kier molecular flexibility index (Phi) is 3.96. The van der Waals surface area contributed by atoms with E-state index in [9.17, 15) is 0 Å². The molecule has 1 aromatic carbocycles. The molecular formula is C15H21ClN2. The van der Waals surface area contributed by atoms with Gasteiger partial charge in [-0.1, -0.05) is 26.0 Å². The second kappa shape index (κ2) is 5.31. The molecule has 2 aromatic rings. The van der Waals surface area contributed by atoms with Gasteiger partial charge in [-0.2, -0.15) is 0 Å². The van der Waals surface area contributed by atoms with Gasteiger partial charge < -0.3 is 4.57 Å². The lowest BCUT2D eigenvalue weighted by Gasteiger charge is -2.12. The van der Waals surface area contributed by atoms with E-state index in [2.05, 4.69) is 43.5 Å². The number of imidazole rings is 1. The zero-order valence-corrected chi connectivity index (χ0v) is 12.3. The number of para-hydroxylation sites is 1. The summed E-state index contributed by atoms with van der Waals surface area (Å²) >= 11 is 6.26. The molecule has 0 aliphatic carbocycles. The van der Waals surface area contributed by atoms with Gasteiger partial charge in [0.05, 0.1) is 16.4 Å². The molecule has 0 aliphatic rings. The molecule has 2 nitrogen and oxygen atoms in total. The van der Waals surface area contributed by atoms with Crippen LogP contribution in [0.4, 0.5) is 0 Å². The SMILES string of the molecule is Cc1cccc2c1nc(C(C)Cl)n2CCC(C)C. The van der Waals surface area contributed by atoms with Crippen LogP contribution in [-0.2, 0) is 6.54 Å². The third-order valence-electron chi connectivity index (χ3n) is 3.30. The summed E-state index contributed by atoms with van der Waals surface area (Å²) in [7, 11) is 0. The average molecular weight is 265 g/mol. The molecule has 0 fully saturated rings. The number of aromatic nitrogens is 2. The van der Waals surface area contributed by atoms with Gasteiger partial charge in [0.2, 0.25) is 0 Å². The number of aryl methyl sites for hydroxylation is 2. The van der Waals surface area contributed by atoms with Crippen molar-refractivity contribution >= 4 is 22.6 Å². The number of benzene rings is 1. The minimum absolute atomic E-state index is 0.0519. The lowest BCUT2D eigenvalue weighted by Crippen LogP contribution is -2.06. The minimum Gasteiger partial charge on any atom is -0.327 e. The maximum absolute atomic E-state index is 6.26. The molecule has 1 aromatic heterocycles. The van der Waals surface area contributed by atoms with Gasteiger partial charge in [-0.25, -0.2) is 4.98 Å². The third-order valence-corrected chi connectivity index (χ3v) is 3.49. The van der Waals surface area contributed by atoms with Crippen molar-refractivity contribution in [2.45, 2.75) is 46.0 Å². The number of nitrogens with zero attached hydrogens (tertiary/aromatic N) is 2. The van der Waals surface area contributed by atoms with Crippen LogP contribution in [0.3, 0.4) is 0 Å². The second-order valence-electron chi connectivity index (χ2n) is 5.36. The molecule has 0 saturated heterocycles. The van der Waals surface area contributed by atoms with Crippen molar-refractivity contribution in [1.29, 1.82) is 0 Å². The van der Waals surface area contributed by atoms with Crippen LogP contribution in [0, 0.1) is 12.8 Å². The van der Waals surface area contributed by atoms with Crippen LogP contribution >= 0.6 is 11.6 Å². The van der Waals surface area contributed by atoms with Gasteiger partial charge in [0.25, 0.3) is 0 Å². The van der Waals surface area contributed by atoms with E-state index in [4.69, 9.17) is 16.6 Å². The van der Waals surface area contributed by atoms with E-state index in [1.54, 1.807) is 0 Å². The van der Waals surface area contributed by atoms with E-state index >= 15 is 0 Å². The predicted molar refractivity (Wildman–Crippen MR) is 78.2 cm³/mol. The molecule has 0 spiro atoms. The molecule has 0 saturated carbocycles. The van der Waals surface area contributed by atoms with Crippen molar-refractivity contribution in [2.75, 3.05) is 0 Å². The molecule has 18 heavy (non-hydrogen) atoms. The van der Waals surface area contributed by atoms with E-state index in [1.165, 1.54) is 11.1 Å². The standard InChI is InChI=1S/C15H21ClN2/c1-10(2)8-9-18-13-7-5-6-11(3)14(13)17-15(18)12(4)16/h5-7,10,12H,8-9H2,1-4H3. The lowest BCUT2D eigenvalue weighted by atomic mass is 10.1. The summed E-state index contributed by atoms with van der Waals surface area (Å²) < 4.78 is 2.28. The van der Waals surface area contributed by atoms with E-state index < -0.39 is 0 Å². The molecule has 1 heterocycles. The van der Waals surface area contributed by atoms with E-state index in [0.29, 0.717) is 5.92 Å². The first-order chi connectivity index (χ1) is 8.50. The minimum atomic E-state index is -0.0519. The third kappa shape index (κ3) is 2.54. The average Bonchev–Trinajstić information content (AvgIpc) is 2.66. The predicted octanol–water partition coefficient (Wildman–Crippen LogP) is 4.69. The Hall–Kier alpha value is -1.02. The Bertz CT molecular complexity index is 541. The van der Waals surface area contributed by atoms with Crippen molar-refractivity contribution in [3.05, 3.63) is 29.6 Å². The molecular weight excluding hydrogens is 244 g/mol. The first-order valence-corrected chi connectivity index (χ1v) is 7.04. The number of halogens is 1. The molecule has 98 valence electrons. The largest absolute Gasteiger partial charge is 0.327 e.